The molecule has 96 valence electrons. The van der Waals surface area contributed by atoms with E-state index in [4.69, 9.17) is 0 Å². The molecule has 0 saturated heterocycles. The third-order valence-corrected chi connectivity index (χ3v) is 3.84. The monoisotopic (exact) mass is 248 g/mol. The molecule has 0 aromatic carbocycles. The molecule has 1 aliphatic rings. The summed E-state index contributed by atoms with van der Waals surface area (Å²) in [5.41, 5.74) is -0.114. The molecule has 2 heterocycles. The second kappa shape index (κ2) is 3.83. The zero-order valence-electron chi connectivity index (χ0n) is 10.6. The normalized spacial score (nSPS) is 16.8. The van der Waals surface area contributed by atoms with E-state index in [0.29, 0.717) is 17.1 Å². The largest absolute Gasteiger partial charge is 0.332 e. The van der Waals surface area contributed by atoms with Crippen LogP contribution in [0.4, 0.5) is 0 Å². The van der Waals surface area contributed by atoms with Crippen LogP contribution in [0.15, 0.2) is 15.8 Å². The van der Waals surface area contributed by atoms with Crippen molar-refractivity contribution in [1.29, 1.82) is 0 Å². The maximum absolute atomic E-state index is 12.0. The summed E-state index contributed by atoms with van der Waals surface area (Å²) < 4.78 is 4.42. The number of hydrogen-bond donors (Lipinski definition) is 0. The van der Waals surface area contributed by atoms with Gasteiger partial charge in [-0.2, -0.15) is 5.10 Å². The zero-order chi connectivity index (χ0) is 12.9. The first-order valence-electron chi connectivity index (χ1n) is 6.24. The van der Waals surface area contributed by atoms with Crippen molar-refractivity contribution in [3.05, 3.63) is 27.0 Å². The molecule has 2 aromatic rings. The average molecular weight is 248 g/mol. The zero-order valence-corrected chi connectivity index (χ0v) is 10.6. The fraction of sp³-hybridized carbons (Fsp3) is 0.583. The Labute approximate surface area is 103 Å². The third-order valence-electron chi connectivity index (χ3n) is 3.84. The van der Waals surface area contributed by atoms with Gasteiger partial charge in [0.2, 0.25) is 0 Å². The lowest BCUT2D eigenvalue weighted by Gasteiger charge is -2.07. The van der Waals surface area contributed by atoms with E-state index in [2.05, 4.69) is 5.10 Å². The van der Waals surface area contributed by atoms with Crippen molar-refractivity contribution in [2.24, 2.45) is 14.1 Å². The van der Waals surface area contributed by atoms with Crippen LogP contribution >= 0.6 is 0 Å². The van der Waals surface area contributed by atoms with Crippen molar-refractivity contribution in [2.75, 3.05) is 0 Å². The van der Waals surface area contributed by atoms with Gasteiger partial charge >= 0.3 is 5.69 Å². The maximum atomic E-state index is 12.0. The van der Waals surface area contributed by atoms with Gasteiger partial charge in [-0.1, -0.05) is 12.8 Å². The second-order valence-corrected chi connectivity index (χ2v) is 4.99. The molecule has 1 fully saturated rings. The van der Waals surface area contributed by atoms with Gasteiger partial charge in [-0.15, -0.1) is 0 Å². The van der Waals surface area contributed by atoms with Gasteiger partial charge in [0, 0.05) is 20.3 Å². The third kappa shape index (κ3) is 1.45. The van der Waals surface area contributed by atoms with Crippen LogP contribution < -0.4 is 11.2 Å². The van der Waals surface area contributed by atoms with E-state index in [1.807, 2.05) is 4.68 Å². The molecule has 1 saturated carbocycles. The molecule has 0 atom stereocenters. The SMILES string of the molecule is Cn1c(=O)c2cn(C3CCCC3)nc2n(C)c1=O. The van der Waals surface area contributed by atoms with Crippen molar-refractivity contribution in [3.8, 4) is 0 Å². The van der Waals surface area contributed by atoms with Crippen molar-refractivity contribution < 1.29 is 0 Å². The lowest BCUT2D eigenvalue weighted by Crippen LogP contribution is -2.36. The van der Waals surface area contributed by atoms with Crippen LogP contribution in [0.1, 0.15) is 31.7 Å². The molecule has 0 aliphatic heterocycles. The van der Waals surface area contributed by atoms with E-state index in [9.17, 15) is 9.59 Å². The standard InChI is InChI=1S/C12H16N4O2/c1-14-10-9(11(17)15(2)12(14)18)7-16(13-10)8-5-3-4-6-8/h7-8H,3-6H2,1-2H3. The first-order chi connectivity index (χ1) is 8.59. The molecule has 0 unspecified atom stereocenters. The number of aryl methyl sites for hydroxylation is 1. The van der Waals surface area contributed by atoms with Gasteiger partial charge in [-0.05, 0) is 12.8 Å². The quantitative estimate of drug-likeness (QED) is 0.740. The Bertz CT molecular complexity index is 716. The van der Waals surface area contributed by atoms with Crippen LogP contribution in [-0.2, 0) is 14.1 Å². The number of nitrogens with zero attached hydrogens (tertiary/aromatic N) is 4. The molecule has 1 aliphatic carbocycles. The first-order valence-corrected chi connectivity index (χ1v) is 6.24. The Hall–Kier alpha value is -1.85. The van der Waals surface area contributed by atoms with E-state index in [1.165, 1.54) is 24.5 Å². The number of fused-ring (bicyclic) bond motifs is 1. The molecule has 0 spiro atoms. The molecular weight excluding hydrogens is 232 g/mol. The highest BCUT2D eigenvalue weighted by Crippen LogP contribution is 2.29. The molecule has 6 heteroatoms. The van der Waals surface area contributed by atoms with E-state index >= 15 is 0 Å². The van der Waals surface area contributed by atoms with Gasteiger partial charge in [-0.3, -0.25) is 18.6 Å². The molecule has 0 N–H and O–H groups in total. The summed E-state index contributed by atoms with van der Waals surface area (Å²) in [6, 6.07) is 0.372. The minimum absolute atomic E-state index is 0.266. The van der Waals surface area contributed by atoms with E-state index in [1.54, 1.807) is 13.2 Å². The highest BCUT2D eigenvalue weighted by atomic mass is 16.2. The van der Waals surface area contributed by atoms with Gasteiger partial charge in [0.1, 0.15) is 5.39 Å². The van der Waals surface area contributed by atoms with Crippen LogP contribution in [0.25, 0.3) is 11.0 Å². The molecule has 0 bridgehead atoms. The van der Waals surface area contributed by atoms with Crippen molar-refractivity contribution in [2.45, 2.75) is 31.7 Å². The predicted octanol–water partition coefficient (Wildman–Crippen LogP) is 0.549. The predicted molar refractivity (Wildman–Crippen MR) is 67.7 cm³/mol. The lowest BCUT2D eigenvalue weighted by molar-refractivity contribution is 0.468. The average Bonchev–Trinajstić information content (AvgIpc) is 3.01. The highest BCUT2D eigenvalue weighted by Gasteiger charge is 2.20. The Balaban J connectivity index is 2.29. The number of aromatic nitrogens is 4. The first kappa shape index (κ1) is 11.3. The van der Waals surface area contributed by atoms with E-state index in [-0.39, 0.29) is 11.2 Å². The Morgan fingerprint density at radius 2 is 1.83 bits per heavy atom. The fourth-order valence-corrected chi connectivity index (χ4v) is 2.72. The molecule has 3 rings (SSSR count). The van der Waals surface area contributed by atoms with Gasteiger partial charge in [0.25, 0.3) is 5.56 Å². The van der Waals surface area contributed by atoms with E-state index in [0.717, 1.165) is 17.4 Å². The Morgan fingerprint density at radius 3 is 2.50 bits per heavy atom. The molecular formula is C12H16N4O2. The minimum atomic E-state index is -0.329. The summed E-state index contributed by atoms with van der Waals surface area (Å²) >= 11 is 0. The van der Waals surface area contributed by atoms with Crippen LogP contribution in [0.2, 0.25) is 0 Å². The summed E-state index contributed by atoms with van der Waals surface area (Å²) in [5, 5.41) is 4.94. The lowest BCUT2D eigenvalue weighted by atomic mass is 10.2. The van der Waals surface area contributed by atoms with Gasteiger partial charge in [-0.25, -0.2) is 4.79 Å². The van der Waals surface area contributed by atoms with Crippen LogP contribution in [0.5, 0.6) is 0 Å². The fourth-order valence-electron chi connectivity index (χ4n) is 2.72. The summed E-state index contributed by atoms with van der Waals surface area (Å²) in [4.78, 5) is 23.8. The van der Waals surface area contributed by atoms with Gasteiger partial charge in [0.05, 0.1) is 6.04 Å². The second-order valence-electron chi connectivity index (χ2n) is 4.99. The topological polar surface area (TPSA) is 61.8 Å². The molecule has 0 amide bonds. The van der Waals surface area contributed by atoms with E-state index < -0.39 is 0 Å². The summed E-state index contributed by atoms with van der Waals surface area (Å²) in [5.74, 6) is 0. The van der Waals surface area contributed by atoms with Crippen LogP contribution in [-0.4, -0.2) is 18.9 Å². The molecule has 18 heavy (non-hydrogen) atoms. The van der Waals surface area contributed by atoms with Crippen LogP contribution in [0.3, 0.4) is 0 Å². The summed E-state index contributed by atoms with van der Waals surface area (Å²) in [7, 11) is 3.15. The van der Waals surface area contributed by atoms with Crippen molar-refractivity contribution in [3.63, 3.8) is 0 Å². The van der Waals surface area contributed by atoms with Crippen molar-refractivity contribution in [1.82, 2.24) is 18.9 Å². The number of rotatable bonds is 1. The Morgan fingerprint density at radius 1 is 1.17 bits per heavy atom. The van der Waals surface area contributed by atoms with Gasteiger partial charge < -0.3 is 0 Å². The maximum Gasteiger partial charge on any atom is 0.332 e. The van der Waals surface area contributed by atoms with Crippen molar-refractivity contribution >= 4 is 11.0 Å². The molecule has 6 nitrogen and oxygen atoms in total. The molecule has 2 aromatic heterocycles. The Kier molecular flexibility index (Phi) is 2.39. The smallest absolute Gasteiger partial charge is 0.279 e. The molecule has 0 radical (unpaired) electrons. The van der Waals surface area contributed by atoms with Gasteiger partial charge in [0.15, 0.2) is 5.65 Å². The summed E-state index contributed by atoms with van der Waals surface area (Å²) in [6.45, 7) is 0. The van der Waals surface area contributed by atoms with Crippen LogP contribution in [0, 0.1) is 0 Å². The highest BCUT2D eigenvalue weighted by molar-refractivity contribution is 5.73. The summed E-state index contributed by atoms with van der Waals surface area (Å²) in [6.07, 6.45) is 6.40. The number of hydrogen-bond acceptors (Lipinski definition) is 3. The minimum Gasteiger partial charge on any atom is -0.279 e.